The molecule has 5 aliphatic heterocycles. The molecule has 4 unspecified atom stereocenters. The number of carbonyl (C=O) groups excluding carboxylic acids is 7. The molecule has 0 aromatic carbocycles. The first-order valence-electron chi connectivity index (χ1n) is 25.2. The van der Waals surface area contributed by atoms with Crippen LogP contribution in [0.15, 0.2) is 0 Å². The van der Waals surface area contributed by atoms with Crippen LogP contribution >= 0.6 is 0 Å². The Morgan fingerprint density at radius 3 is 0.812 bits per heavy atom. The predicted octanol–water partition coefficient (Wildman–Crippen LogP) is 5.12. The summed E-state index contributed by atoms with van der Waals surface area (Å²) < 4.78 is 26.1. The molecule has 4 amide bonds. The van der Waals surface area contributed by atoms with E-state index in [4.69, 9.17) is 18.9 Å². The molecule has 0 aromatic heterocycles. The van der Waals surface area contributed by atoms with E-state index in [-0.39, 0.29) is 22.2 Å². The number of carbonyl (C=O) groups is 7. The summed E-state index contributed by atoms with van der Waals surface area (Å²) in [6, 6.07) is -1.08. The zero-order valence-corrected chi connectivity index (χ0v) is 44.8. The second-order valence-electron chi connectivity index (χ2n) is 26.5. The van der Waals surface area contributed by atoms with Crippen LogP contribution in [0.5, 0.6) is 0 Å². The second kappa shape index (κ2) is 20.5. The number of nitrogens with zero attached hydrogens (tertiary/aromatic N) is 2. The Bertz CT molecular complexity index is 1720. The first kappa shape index (κ1) is 56.9. The Labute approximate surface area is 412 Å². The van der Waals surface area contributed by atoms with E-state index in [2.05, 4.69) is 21.3 Å². The molecule has 5 rings (SSSR count). The molecule has 0 spiro atoms. The van der Waals surface area contributed by atoms with Crippen LogP contribution in [0.3, 0.4) is 0 Å². The molecule has 17 nitrogen and oxygen atoms in total. The second-order valence-corrected chi connectivity index (χ2v) is 26.5. The maximum absolute atomic E-state index is 15.7. The van der Waals surface area contributed by atoms with E-state index < -0.39 is 120 Å². The molecular weight excluding hydrogens is 885 g/mol. The number of piperidine rings is 4. The predicted molar refractivity (Wildman–Crippen MR) is 261 cm³/mol. The largest absolute Gasteiger partial charge is 0.367 e. The maximum atomic E-state index is 15.7. The minimum atomic E-state index is -2.35. The van der Waals surface area contributed by atoms with Gasteiger partial charge in [-0.2, -0.15) is 0 Å². The molecular formula is C52H88N6O11. The summed E-state index contributed by atoms with van der Waals surface area (Å²) in [5, 5.41) is 14.4. The highest BCUT2D eigenvalue weighted by molar-refractivity contribution is 6.19. The van der Waals surface area contributed by atoms with E-state index in [1.807, 2.05) is 111 Å². The van der Waals surface area contributed by atoms with E-state index in [1.54, 1.807) is 0 Å². The third-order valence-corrected chi connectivity index (χ3v) is 14.3. The number of hydrogen-bond donors (Lipinski definition) is 4. The molecule has 69 heavy (non-hydrogen) atoms. The monoisotopic (exact) mass is 973 g/mol. The molecule has 5 heterocycles. The van der Waals surface area contributed by atoms with Gasteiger partial charge >= 0.3 is 6.03 Å². The SMILES string of the molecule is CC1(C)CC(OC(C=O)CN2C(=O)N(CC(C=O)OC3CC(C)(C)NC(C)(C)C3)C(=O)C(CC(C=O)OC3CC(C)(C)NC(C)(C)C3)(CC(C=O)OC3CC(C)(C)NC(C)(C)C3)C2=O)CC(C)(C)N1. The van der Waals surface area contributed by atoms with Gasteiger partial charge in [0.15, 0.2) is 12.6 Å². The van der Waals surface area contributed by atoms with E-state index >= 15 is 9.59 Å². The van der Waals surface area contributed by atoms with Crippen LogP contribution in [-0.4, -0.2) is 159 Å². The fraction of sp³-hybridized carbons (Fsp3) is 0.865. The lowest BCUT2D eigenvalue weighted by Crippen LogP contribution is -2.69. The molecule has 0 aliphatic carbocycles. The molecule has 0 saturated carbocycles. The van der Waals surface area contributed by atoms with Crippen molar-refractivity contribution in [1.82, 2.24) is 31.1 Å². The minimum Gasteiger partial charge on any atom is -0.367 e. The van der Waals surface area contributed by atoms with Crippen LogP contribution in [0.25, 0.3) is 0 Å². The van der Waals surface area contributed by atoms with Crippen LogP contribution in [0.4, 0.5) is 4.79 Å². The summed E-state index contributed by atoms with van der Waals surface area (Å²) in [4.78, 5) is 101. The molecule has 5 fully saturated rings. The Morgan fingerprint density at radius 2 is 0.609 bits per heavy atom. The molecule has 0 radical (unpaired) electrons. The van der Waals surface area contributed by atoms with Gasteiger partial charge in [0.1, 0.15) is 42.4 Å². The molecule has 17 heteroatoms. The standard InChI is InChI=1S/C52H88N6O11/c1-44(2)17-33(18-45(3,4)53-44)66-37(29-59)25-52(26-38(30-60)67-34-19-46(5,6)54-47(7,8)20-34)41(63)57(27-39(31-61)68-35-21-48(9,10)55-49(11,12)22-35)43(65)58(42(52)64)28-40(32-62)69-36-23-50(13,14)56-51(15,16)24-36/h29-40,53-56H,17-28H2,1-16H3. The maximum Gasteiger partial charge on any atom is 0.333 e. The fourth-order valence-corrected chi connectivity index (χ4v) is 13.5. The first-order chi connectivity index (χ1) is 31.4. The topological polar surface area (TPSA) is 211 Å². The molecule has 4 N–H and O–H groups in total. The van der Waals surface area contributed by atoms with Crippen LogP contribution < -0.4 is 21.3 Å². The number of amides is 4. The van der Waals surface area contributed by atoms with Crippen molar-refractivity contribution in [2.24, 2.45) is 5.41 Å². The van der Waals surface area contributed by atoms with Gasteiger partial charge in [0, 0.05) is 57.2 Å². The van der Waals surface area contributed by atoms with Gasteiger partial charge in [-0.25, -0.2) is 4.79 Å². The van der Waals surface area contributed by atoms with Gasteiger partial charge in [-0.05, 0) is 162 Å². The van der Waals surface area contributed by atoms with Crippen molar-refractivity contribution in [1.29, 1.82) is 0 Å². The number of ether oxygens (including phenoxy) is 4. The Hall–Kier alpha value is -3.03. The summed E-state index contributed by atoms with van der Waals surface area (Å²) in [5.41, 5.74) is -5.42. The summed E-state index contributed by atoms with van der Waals surface area (Å²) in [6.07, 6.45) is -2.14. The number of rotatable bonds is 20. The number of aldehydes is 4. The first-order valence-corrected chi connectivity index (χ1v) is 25.2. The highest BCUT2D eigenvalue weighted by atomic mass is 16.5. The summed E-state index contributed by atoms with van der Waals surface area (Å²) in [5.74, 6) is -2.05. The number of hydrogen-bond acceptors (Lipinski definition) is 15. The highest BCUT2D eigenvalue weighted by Gasteiger charge is 2.60. The molecule has 5 saturated heterocycles. The lowest BCUT2D eigenvalue weighted by molar-refractivity contribution is -0.173. The third-order valence-electron chi connectivity index (χ3n) is 14.3. The van der Waals surface area contributed by atoms with Crippen LogP contribution in [0.1, 0.15) is 175 Å². The molecule has 392 valence electrons. The van der Waals surface area contributed by atoms with Gasteiger partial charge in [0.25, 0.3) is 0 Å². The molecule has 0 bridgehead atoms. The van der Waals surface area contributed by atoms with Gasteiger partial charge in [0.05, 0.1) is 37.5 Å². The molecule has 5 aliphatic rings. The number of nitrogens with one attached hydrogen (secondary N) is 4. The van der Waals surface area contributed by atoms with Crippen molar-refractivity contribution in [3.63, 3.8) is 0 Å². The van der Waals surface area contributed by atoms with Crippen molar-refractivity contribution in [2.75, 3.05) is 13.1 Å². The Kier molecular flexibility index (Phi) is 16.9. The van der Waals surface area contributed by atoms with Gasteiger partial charge in [-0.15, -0.1) is 0 Å². The zero-order valence-electron chi connectivity index (χ0n) is 44.8. The number of barbiturate groups is 1. The lowest BCUT2D eigenvalue weighted by atomic mass is 9.73. The molecule has 4 atom stereocenters. The van der Waals surface area contributed by atoms with Crippen molar-refractivity contribution in [3.05, 3.63) is 0 Å². The van der Waals surface area contributed by atoms with Crippen LogP contribution in [-0.2, 0) is 47.7 Å². The van der Waals surface area contributed by atoms with E-state index in [1.165, 1.54) is 0 Å². The van der Waals surface area contributed by atoms with E-state index in [0.717, 1.165) is 9.80 Å². The third kappa shape index (κ3) is 15.0. The zero-order chi connectivity index (χ0) is 52.0. The number of imide groups is 2. The van der Waals surface area contributed by atoms with E-state index in [9.17, 15) is 24.0 Å². The minimum absolute atomic E-state index is 0.372. The van der Waals surface area contributed by atoms with Gasteiger partial charge in [-0.3, -0.25) is 19.4 Å². The lowest BCUT2D eigenvalue weighted by Gasteiger charge is -2.49. The van der Waals surface area contributed by atoms with Crippen LogP contribution in [0, 0.1) is 5.41 Å². The Balaban J connectivity index is 1.61. The van der Waals surface area contributed by atoms with Crippen molar-refractivity contribution in [2.45, 2.75) is 268 Å². The summed E-state index contributed by atoms with van der Waals surface area (Å²) in [6.45, 7) is 31.3. The highest BCUT2D eigenvalue weighted by Crippen LogP contribution is 2.43. The molecule has 0 aromatic rings. The van der Waals surface area contributed by atoms with Crippen molar-refractivity contribution < 1.29 is 52.5 Å². The van der Waals surface area contributed by atoms with Crippen molar-refractivity contribution >= 4 is 43.0 Å². The van der Waals surface area contributed by atoms with Crippen molar-refractivity contribution in [3.8, 4) is 0 Å². The van der Waals surface area contributed by atoms with Gasteiger partial charge < -0.3 is 59.4 Å². The van der Waals surface area contributed by atoms with Crippen LogP contribution in [0.2, 0.25) is 0 Å². The smallest absolute Gasteiger partial charge is 0.333 e. The van der Waals surface area contributed by atoms with E-state index in [0.29, 0.717) is 76.5 Å². The fourth-order valence-electron chi connectivity index (χ4n) is 13.5. The summed E-state index contributed by atoms with van der Waals surface area (Å²) >= 11 is 0. The van der Waals surface area contributed by atoms with Gasteiger partial charge in [0.2, 0.25) is 11.8 Å². The quantitative estimate of drug-likeness (QED) is 0.0922. The van der Waals surface area contributed by atoms with Gasteiger partial charge in [-0.1, -0.05) is 0 Å². The average Bonchev–Trinajstić information content (AvgIpc) is 3.13. The average molecular weight is 973 g/mol. The summed E-state index contributed by atoms with van der Waals surface area (Å²) in [7, 11) is 0. The Morgan fingerprint density at radius 1 is 0.406 bits per heavy atom. The normalized spacial score (nSPS) is 29.7. The number of urea groups is 1.